The van der Waals surface area contributed by atoms with E-state index in [-0.39, 0.29) is 51.9 Å². The zero-order chi connectivity index (χ0) is 22.0. The SMILES string of the molecule is COc1c(Cl)cc(Cl)cc1/C(O)=C1/C(=O)C(=O)N(CCOC(C)C)C1c1cccs1. The predicted molar refractivity (Wildman–Crippen MR) is 117 cm³/mol. The first-order valence-corrected chi connectivity index (χ1v) is 10.9. The van der Waals surface area contributed by atoms with Gasteiger partial charge >= 0.3 is 0 Å². The zero-order valence-corrected chi connectivity index (χ0v) is 19.0. The van der Waals surface area contributed by atoms with E-state index in [0.29, 0.717) is 0 Å². The highest BCUT2D eigenvalue weighted by Gasteiger charge is 2.46. The number of ketones is 1. The lowest BCUT2D eigenvalue weighted by Crippen LogP contribution is -2.33. The van der Waals surface area contributed by atoms with E-state index in [1.807, 2.05) is 31.4 Å². The van der Waals surface area contributed by atoms with Crippen LogP contribution in [0.3, 0.4) is 0 Å². The second kappa shape index (κ2) is 9.39. The first-order chi connectivity index (χ1) is 14.3. The van der Waals surface area contributed by atoms with Gasteiger partial charge in [0.1, 0.15) is 11.5 Å². The summed E-state index contributed by atoms with van der Waals surface area (Å²) >= 11 is 13.7. The number of hydrogen-bond acceptors (Lipinski definition) is 6. The lowest BCUT2D eigenvalue weighted by molar-refractivity contribution is -0.140. The molecule has 6 nitrogen and oxygen atoms in total. The number of aliphatic hydroxyl groups excluding tert-OH is 1. The number of Topliss-reactive ketones (excluding diaryl/α,β-unsaturated/α-hetero) is 1. The summed E-state index contributed by atoms with van der Waals surface area (Å²) in [5.74, 6) is -1.71. The van der Waals surface area contributed by atoms with Gasteiger partial charge in [0.2, 0.25) is 0 Å². The van der Waals surface area contributed by atoms with Gasteiger partial charge in [-0.15, -0.1) is 11.3 Å². The number of hydrogen-bond donors (Lipinski definition) is 1. The molecule has 1 aliphatic heterocycles. The number of benzene rings is 1. The van der Waals surface area contributed by atoms with E-state index < -0.39 is 17.7 Å². The van der Waals surface area contributed by atoms with Gasteiger partial charge < -0.3 is 19.5 Å². The number of ether oxygens (including phenoxy) is 2. The smallest absolute Gasteiger partial charge is 0.295 e. The third kappa shape index (κ3) is 4.34. The fourth-order valence-electron chi connectivity index (χ4n) is 3.33. The molecule has 3 rings (SSSR count). The fourth-order valence-corrected chi connectivity index (χ4v) is 4.74. The molecule has 1 aromatic heterocycles. The molecule has 160 valence electrons. The van der Waals surface area contributed by atoms with Crippen molar-refractivity contribution in [2.24, 2.45) is 0 Å². The monoisotopic (exact) mass is 469 g/mol. The van der Waals surface area contributed by atoms with Crippen molar-refractivity contribution >= 4 is 52.0 Å². The minimum absolute atomic E-state index is 0.0140. The fraction of sp³-hybridized carbons (Fsp3) is 0.333. The molecule has 1 N–H and O–H groups in total. The molecule has 0 bridgehead atoms. The molecule has 0 radical (unpaired) electrons. The molecule has 1 saturated heterocycles. The summed E-state index contributed by atoms with van der Waals surface area (Å²) in [7, 11) is 1.39. The van der Waals surface area contributed by atoms with Crippen molar-refractivity contribution < 1.29 is 24.2 Å². The Balaban J connectivity index is 2.14. The molecule has 2 heterocycles. The van der Waals surface area contributed by atoms with Gasteiger partial charge in [0.25, 0.3) is 11.7 Å². The van der Waals surface area contributed by atoms with E-state index in [0.717, 1.165) is 4.88 Å². The van der Waals surface area contributed by atoms with E-state index >= 15 is 0 Å². The van der Waals surface area contributed by atoms with Gasteiger partial charge in [0, 0.05) is 16.4 Å². The van der Waals surface area contributed by atoms with Crippen molar-refractivity contribution in [2.75, 3.05) is 20.3 Å². The number of thiophene rings is 1. The number of carbonyl (C=O) groups excluding carboxylic acids is 2. The Kier molecular flexibility index (Phi) is 7.08. The quantitative estimate of drug-likeness (QED) is 0.354. The molecule has 1 aliphatic rings. The Morgan fingerprint density at radius 3 is 2.63 bits per heavy atom. The van der Waals surface area contributed by atoms with Crippen LogP contribution in [-0.2, 0) is 14.3 Å². The van der Waals surface area contributed by atoms with Gasteiger partial charge in [-0.3, -0.25) is 9.59 Å². The van der Waals surface area contributed by atoms with Crippen LogP contribution in [-0.4, -0.2) is 48.1 Å². The third-order valence-corrected chi connectivity index (χ3v) is 6.03. The second-order valence-corrected chi connectivity index (χ2v) is 8.72. The van der Waals surface area contributed by atoms with Crippen LogP contribution in [0.25, 0.3) is 5.76 Å². The van der Waals surface area contributed by atoms with Crippen molar-refractivity contribution in [3.8, 4) is 5.75 Å². The summed E-state index contributed by atoms with van der Waals surface area (Å²) in [6, 6.07) is 5.80. The second-order valence-electron chi connectivity index (χ2n) is 6.90. The molecule has 0 aliphatic carbocycles. The number of halogens is 2. The van der Waals surface area contributed by atoms with Crippen molar-refractivity contribution in [1.29, 1.82) is 0 Å². The van der Waals surface area contributed by atoms with E-state index in [1.54, 1.807) is 0 Å². The summed E-state index contributed by atoms with van der Waals surface area (Å²) in [4.78, 5) is 27.9. The van der Waals surface area contributed by atoms with Crippen LogP contribution in [0.15, 0.2) is 35.2 Å². The van der Waals surface area contributed by atoms with Crippen LogP contribution in [0.4, 0.5) is 0 Å². The highest BCUT2D eigenvalue weighted by Crippen LogP contribution is 2.44. The molecule has 1 unspecified atom stereocenters. The number of amides is 1. The molecule has 2 aromatic rings. The van der Waals surface area contributed by atoms with E-state index in [9.17, 15) is 14.7 Å². The first kappa shape index (κ1) is 22.6. The highest BCUT2D eigenvalue weighted by molar-refractivity contribution is 7.10. The number of aliphatic hydroxyl groups is 1. The van der Waals surface area contributed by atoms with Gasteiger partial charge in [-0.25, -0.2) is 0 Å². The molecule has 1 fully saturated rings. The maximum absolute atomic E-state index is 13.0. The Hall–Kier alpha value is -2.06. The standard InChI is InChI=1S/C21H21Cl2NO5S/c1-11(2)29-7-6-24-17(15-5-4-8-30-15)16(19(26)21(24)27)18(25)13-9-12(22)10-14(23)20(13)28-3/h4-5,8-11,17,25H,6-7H2,1-3H3/b18-16-. The number of carbonyl (C=O) groups is 2. The number of methoxy groups -OCH3 is 1. The number of rotatable bonds is 7. The van der Waals surface area contributed by atoms with Gasteiger partial charge in [0.15, 0.2) is 0 Å². The molecule has 1 atom stereocenters. The van der Waals surface area contributed by atoms with Gasteiger partial charge in [-0.1, -0.05) is 29.3 Å². The molecular weight excluding hydrogens is 449 g/mol. The Morgan fingerprint density at radius 2 is 2.03 bits per heavy atom. The average molecular weight is 470 g/mol. The minimum atomic E-state index is -0.784. The summed E-state index contributed by atoms with van der Waals surface area (Å²) in [6.07, 6.45) is -0.0140. The minimum Gasteiger partial charge on any atom is -0.507 e. The molecule has 9 heteroatoms. The lowest BCUT2D eigenvalue weighted by Gasteiger charge is -2.24. The van der Waals surface area contributed by atoms with Crippen LogP contribution in [0.2, 0.25) is 10.0 Å². The first-order valence-electron chi connectivity index (χ1n) is 9.23. The summed E-state index contributed by atoms with van der Waals surface area (Å²) < 4.78 is 10.9. The Bertz CT molecular complexity index is 988. The van der Waals surface area contributed by atoms with Gasteiger partial charge in [0.05, 0.1) is 42.0 Å². The van der Waals surface area contributed by atoms with Crippen molar-refractivity contribution in [1.82, 2.24) is 4.90 Å². The van der Waals surface area contributed by atoms with Crippen LogP contribution in [0.5, 0.6) is 5.75 Å². The Morgan fingerprint density at radius 1 is 1.30 bits per heavy atom. The normalized spacial score (nSPS) is 18.5. The van der Waals surface area contributed by atoms with E-state index in [4.69, 9.17) is 32.7 Å². The van der Waals surface area contributed by atoms with Crippen molar-refractivity contribution in [3.05, 3.63) is 55.7 Å². The van der Waals surface area contributed by atoms with E-state index in [1.165, 1.54) is 35.5 Å². The maximum atomic E-state index is 13.0. The molecule has 0 spiro atoms. The highest BCUT2D eigenvalue weighted by atomic mass is 35.5. The number of likely N-dealkylation sites (tertiary alicyclic amines) is 1. The Labute approximate surface area is 188 Å². The van der Waals surface area contributed by atoms with Crippen molar-refractivity contribution in [2.45, 2.75) is 26.0 Å². The lowest BCUT2D eigenvalue weighted by atomic mass is 9.99. The van der Waals surface area contributed by atoms with Crippen LogP contribution >= 0.6 is 34.5 Å². The van der Waals surface area contributed by atoms with Crippen LogP contribution < -0.4 is 4.74 Å². The molecule has 1 aromatic carbocycles. The van der Waals surface area contributed by atoms with Gasteiger partial charge in [-0.05, 0) is 37.4 Å². The third-order valence-electron chi connectivity index (χ3n) is 4.60. The topological polar surface area (TPSA) is 76.1 Å². The predicted octanol–water partition coefficient (Wildman–Crippen LogP) is 4.91. The van der Waals surface area contributed by atoms with Gasteiger partial charge in [-0.2, -0.15) is 0 Å². The average Bonchev–Trinajstić information content (AvgIpc) is 3.29. The number of nitrogens with zero attached hydrogens (tertiary/aromatic N) is 1. The molecule has 30 heavy (non-hydrogen) atoms. The van der Waals surface area contributed by atoms with E-state index in [2.05, 4.69) is 0 Å². The summed E-state index contributed by atoms with van der Waals surface area (Å²) in [6.45, 7) is 4.24. The summed E-state index contributed by atoms with van der Waals surface area (Å²) in [5, 5.41) is 13.4. The molecule has 1 amide bonds. The summed E-state index contributed by atoms with van der Waals surface area (Å²) in [5.41, 5.74) is 0.108. The van der Waals surface area contributed by atoms with Crippen molar-refractivity contribution in [3.63, 3.8) is 0 Å². The zero-order valence-electron chi connectivity index (χ0n) is 16.6. The largest absolute Gasteiger partial charge is 0.507 e. The molecule has 0 saturated carbocycles. The van der Waals surface area contributed by atoms with Crippen LogP contribution in [0.1, 0.15) is 30.3 Å². The van der Waals surface area contributed by atoms with Crippen LogP contribution in [0, 0.1) is 0 Å². The maximum Gasteiger partial charge on any atom is 0.295 e. The molecular formula is C21H21Cl2NO5S.